The van der Waals surface area contributed by atoms with Gasteiger partial charge in [0.25, 0.3) is 0 Å². The van der Waals surface area contributed by atoms with E-state index in [-0.39, 0.29) is 0 Å². The highest BCUT2D eigenvalue weighted by Gasteiger charge is 2.20. The first-order valence-electron chi connectivity index (χ1n) is 6.94. The Balaban J connectivity index is 2.45. The van der Waals surface area contributed by atoms with Gasteiger partial charge in [-0.25, -0.2) is 9.50 Å². The molecule has 1 atom stereocenters. The Morgan fingerprint density at radius 3 is 2.84 bits per heavy atom. The minimum Gasteiger partial charge on any atom is -0.325 e. The number of hydrogen-bond acceptors (Lipinski definition) is 3. The number of nitrogens with zero attached hydrogens (tertiary/aromatic N) is 3. The number of aromatic nitrogens is 3. The van der Waals surface area contributed by atoms with Gasteiger partial charge in [0, 0.05) is 18.7 Å². The third-order valence-electron chi connectivity index (χ3n) is 3.56. The molecule has 1 unspecified atom stereocenters. The maximum Gasteiger partial charge on any atom is 0.169 e. The van der Waals surface area contributed by atoms with Crippen molar-refractivity contribution in [1.82, 2.24) is 14.6 Å². The molecule has 2 N–H and O–H groups in total. The first-order valence-corrected chi connectivity index (χ1v) is 7.74. The molecule has 0 aromatic carbocycles. The van der Waals surface area contributed by atoms with E-state index in [4.69, 9.17) is 10.8 Å². The highest BCUT2D eigenvalue weighted by Crippen LogP contribution is 2.32. The van der Waals surface area contributed by atoms with Gasteiger partial charge in [0.15, 0.2) is 5.65 Å². The van der Waals surface area contributed by atoms with Gasteiger partial charge in [-0.05, 0) is 34.8 Å². The summed E-state index contributed by atoms with van der Waals surface area (Å²) < 4.78 is 2.89. The van der Waals surface area contributed by atoms with Crippen molar-refractivity contribution in [3.63, 3.8) is 0 Å². The molecule has 2 rings (SSSR count). The molecule has 0 fully saturated rings. The Morgan fingerprint density at radius 1 is 1.42 bits per heavy atom. The van der Waals surface area contributed by atoms with Crippen LogP contribution in [0.4, 0.5) is 0 Å². The normalized spacial score (nSPS) is 13.1. The molecule has 2 aromatic rings. The molecule has 4 nitrogen and oxygen atoms in total. The average molecular weight is 325 g/mol. The molecule has 0 aliphatic carbocycles. The second-order valence-corrected chi connectivity index (χ2v) is 5.62. The van der Waals surface area contributed by atoms with Crippen LogP contribution in [0.2, 0.25) is 0 Å². The lowest BCUT2D eigenvalue weighted by molar-refractivity contribution is 0.551. The van der Waals surface area contributed by atoms with Gasteiger partial charge in [0.2, 0.25) is 0 Å². The molecular formula is C14H21BrN4. The molecule has 0 spiro atoms. The Labute approximate surface area is 122 Å². The van der Waals surface area contributed by atoms with Crippen LogP contribution < -0.4 is 5.73 Å². The molecule has 5 heteroatoms. The first kappa shape index (κ1) is 14.5. The van der Waals surface area contributed by atoms with Crippen LogP contribution in [0.15, 0.2) is 16.7 Å². The van der Waals surface area contributed by atoms with Crippen molar-refractivity contribution in [2.24, 2.45) is 5.73 Å². The van der Waals surface area contributed by atoms with Gasteiger partial charge in [-0.15, -0.1) is 0 Å². The van der Waals surface area contributed by atoms with Gasteiger partial charge >= 0.3 is 0 Å². The fraction of sp³-hybridized carbons (Fsp3) is 0.571. The fourth-order valence-electron chi connectivity index (χ4n) is 2.38. The van der Waals surface area contributed by atoms with Crippen LogP contribution in [0.25, 0.3) is 5.65 Å². The van der Waals surface area contributed by atoms with E-state index in [9.17, 15) is 0 Å². The molecule has 19 heavy (non-hydrogen) atoms. The van der Waals surface area contributed by atoms with Crippen molar-refractivity contribution in [3.05, 3.63) is 28.1 Å². The lowest BCUT2D eigenvalue weighted by Gasteiger charge is -2.11. The summed E-state index contributed by atoms with van der Waals surface area (Å²) in [6.07, 6.45) is 6.51. The fourth-order valence-corrected chi connectivity index (χ4v) is 3.06. The molecule has 0 amide bonds. The SMILES string of the molecule is CCCCC(CC)c1nn2c(CN)ccnc2c1Br. The Hall–Kier alpha value is -0.940. The molecule has 2 aromatic heterocycles. The number of rotatable bonds is 6. The van der Waals surface area contributed by atoms with Crippen molar-refractivity contribution >= 4 is 21.6 Å². The van der Waals surface area contributed by atoms with E-state index in [1.54, 1.807) is 6.20 Å². The van der Waals surface area contributed by atoms with Crippen LogP contribution in [0.1, 0.15) is 56.8 Å². The largest absolute Gasteiger partial charge is 0.325 e. The first-order chi connectivity index (χ1) is 9.22. The molecule has 0 aliphatic rings. The zero-order valence-corrected chi connectivity index (χ0v) is 13.2. The van der Waals surface area contributed by atoms with Crippen LogP contribution in [0.5, 0.6) is 0 Å². The monoisotopic (exact) mass is 324 g/mol. The number of halogens is 1. The van der Waals surface area contributed by atoms with Crippen LogP contribution >= 0.6 is 15.9 Å². The molecule has 0 bridgehead atoms. The van der Waals surface area contributed by atoms with Crippen LogP contribution in [0, 0.1) is 0 Å². The number of fused-ring (bicyclic) bond motifs is 1. The summed E-state index contributed by atoms with van der Waals surface area (Å²) in [5.41, 5.74) is 8.73. The summed E-state index contributed by atoms with van der Waals surface area (Å²) in [6.45, 7) is 4.91. The lowest BCUT2D eigenvalue weighted by Crippen LogP contribution is -2.06. The topological polar surface area (TPSA) is 56.2 Å². The minimum atomic E-state index is 0.471. The predicted octanol–water partition coefficient (Wildman–Crippen LogP) is 3.63. The molecular weight excluding hydrogens is 304 g/mol. The maximum atomic E-state index is 5.76. The lowest BCUT2D eigenvalue weighted by atomic mass is 9.96. The predicted molar refractivity (Wildman–Crippen MR) is 81.1 cm³/mol. The Bertz CT molecular complexity index is 550. The van der Waals surface area contributed by atoms with E-state index in [0.717, 1.165) is 27.9 Å². The van der Waals surface area contributed by atoms with Gasteiger partial charge in [0.05, 0.1) is 15.9 Å². The smallest absolute Gasteiger partial charge is 0.169 e. The van der Waals surface area contributed by atoms with E-state index >= 15 is 0 Å². The van der Waals surface area contributed by atoms with E-state index < -0.39 is 0 Å². The summed E-state index contributed by atoms with van der Waals surface area (Å²) in [5.74, 6) is 0.488. The molecule has 0 radical (unpaired) electrons. The molecule has 0 saturated heterocycles. The van der Waals surface area contributed by atoms with Crippen LogP contribution in [-0.4, -0.2) is 14.6 Å². The Morgan fingerprint density at radius 2 is 2.21 bits per heavy atom. The van der Waals surface area contributed by atoms with Crippen LogP contribution in [0.3, 0.4) is 0 Å². The third-order valence-corrected chi connectivity index (χ3v) is 4.32. The minimum absolute atomic E-state index is 0.471. The highest BCUT2D eigenvalue weighted by atomic mass is 79.9. The highest BCUT2D eigenvalue weighted by molar-refractivity contribution is 9.10. The van der Waals surface area contributed by atoms with E-state index in [0.29, 0.717) is 12.5 Å². The zero-order chi connectivity index (χ0) is 13.8. The van der Waals surface area contributed by atoms with Crippen LogP contribution in [-0.2, 0) is 6.54 Å². The quantitative estimate of drug-likeness (QED) is 0.882. The second kappa shape index (κ2) is 6.48. The van der Waals surface area contributed by atoms with Gasteiger partial charge in [-0.1, -0.05) is 26.7 Å². The number of nitrogens with two attached hydrogens (primary N) is 1. The summed E-state index contributed by atoms with van der Waals surface area (Å²) >= 11 is 3.66. The molecule has 0 saturated carbocycles. The van der Waals surface area contributed by atoms with E-state index in [1.165, 1.54) is 19.3 Å². The average Bonchev–Trinajstić information content (AvgIpc) is 2.77. The van der Waals surface area contributed by atoms with Gasteiger partial charge < -0.3 is 5.73 Å². The molecule has 2 heterocycles. The maximum absolute atomic E-state index is 5.76. The van der Waals surface area contributed by atoms with E-state index in [2.05, 4.69) is 34.8 Å². The number of unbranched alkanes of at least 4 members (excludes halogenated alkanes) is 1. The molecule has 104 valence electrons. The van der Waals surface area contributed by atoms with Gasteiger partial charge in [-0.3, -0.25) is 0 Å². The second-order valence-electron chi connectivity index (χ2n) is 4.82. The summed E-state index contributed by atoms with van der Waals surface area (Å²) in [6, 6.07) is 1.92. The third kappa shape index (κ3) is 2.82. The van der Waals surface area contributed by atoms with Crippen molar-refractivity contribution in [2.45, 2.75) is 52.0 Å². The zero-order valence-electron chi connectivity index (χ0n) is 11.6. The molecule has 0 aliphatic heterocycles. The van der Waals surface area contributed by atoms with E-state index in [1.807, 2.05) is 10.6 Å². The number of hydrogen-bond donors (Lipinski definition) is 1. The van der Waals surface area contributed by atoms with Crippen molar-refractivity contribution in [2.75, 3.05) is 0 Å². The van der Waals surface area contributed by atoms with Gasteiger partial charge in [-0.2, -0.15) is 5.10 Å². The summed E-state index contributed by atoms with van der Waals surface area (Å²) in [4.78, 5) is 4.41. The summed E-state index contributed by atoms with van der Waals surface area (Å²) in [5, 5.41) is 4.73. The van der Waals surface area contributed by atoms with Gasteiger partial charge in [0.1, 0.15) is 0 Å². The van der Waals surface area contributed by atoms with Crippen molar-refractivity contribution in [3.8, 4) is 0 Å². The van der Waals surface area contributed by atoms with Crippen molar-refractivity contribution in [1.29, 1.82) is 0 Å². The Kier molecular flexibility index (Phi) is 4.93. The van der Waals surface area contributed by atoms with Crippen molar-refractivity contribution < 1.29 is 0 Å². The summed E-state index contributed by atoms with van der Waals surface area (Å²) in [7, 11) is 0. The standard InChI is InChI=1S/C14H21BrN4/c1-3-5-6-10(4-2)13-12(15)14-17-8-7-11(9-16)19(14)18-13/h7-8,10H,3-6,9,16H2,1-2H3.